The van der Waals surface area contributed by atoms with Crippen molar-refractivity contribution >= 4 is 22.0 Å². The SMILES string of the molecule is CN(SSN(C)C1CCCC1)C1CCCC1. The summed E-state index contributed by atoms with van der Waals surface area (Å²) >= 11 is 0. The van der Waals surface area contributed by atoms with Gasteiger partial charge in [-0.3, -0.25) is 0 Å². The van der Waals surface area contributed by atoms with E-state index in [0.717, 1.165) is 12.1 Å². The maximum atomic E-state index is 2.48. The Bertz CT molecular complexity index is 179. The summed E-state index contributed by atoms with van der Waals surface area (Å²) in [6.45, 7) is 0. The van der Waals surface area contributed by atoms with Crippen LogP contribution >= 0.6 is 22.0 Å². The third-order valence-electron chi connectivity index (χ3n) is 3.95. The smallest absolute Gasteiger partial charge is 0.0207 e. The first-order chi connectivity index (χ1) is 7.77. The monoisotopic (exact) mass is 260 g/mol. The van der Waals surface area contributed by atoms with Gasteiger partial charge < -0.3 is 0 Å². The molecule has 94 valence electrons. The molecule has 4 heteroatoms. The molecule has 0 bridgehead atoms. The Morgan fingerprint density at radius 2 is 1.00 bits per heavy atom. The molecule has 2 aliphatic carbocycles. The third-order valence-corrected chi connectivity index (χ3v) is 6.69. The summed E-state index contributed by atoms with van der Waals surface area (Å²) in [5.74, 6) is 0. The van der Waals surface area contributed by atoms with E-state index in [1.54, 1.807) is 0 Å². The lowest BCUT2D eigenvalue weighted by molar-refractivity contribution is 0.411. The van der Waals surface area contributed by atoms with Gasteiger partial charge in [0.15, 0.2) is 0 Å². The standard InChI is InChI=1S/C12H24N2S2/c1-13(11-7-3-4-8-11)15-16-14(2)12-9-5-6-10-12/h11-12H,3-10H2,1-2H3. The normalized spacial score (nSPS) is 24.0. The van der Waals surface area contributed by atoms with Crippen molar-refractivity contribution in [2.24, 2.45) is 0 Å². The van der Waals surface area contributed by atoms with Gasteiger partial charge in [0.25, 0.3) is 0 Å². The zero-order chi connectivity index (χ0) is 11.4. The van der Waals surface area contributed by atoms with E-state index < -0.39 is 0 Å². The van der Waals surface area contributed by atoms with E-state index in [4.69, 9.17) is 0 Å². The van der Waals surface area contributed by atoms with Crippen LogP contribution in [0.25, 0.3) is 0 Å². The van der Waals surface area contributed by atoms with Crippen molar-refractivity contribution in [3.8, 4) is 0 Å². The molecule has 0 N–H and O–H groups in total. The highest BCUT2D eigenvalue weighted by Gasteiger charge is 2.23. The Morgan fingerprint density at radius 3 is 1.31 bits per heavy atom. The van der Waals surface area contributed by atoms with Gasteiger partial charge in [-0.2, -0.15) is 0 Å². The van der Waals surface area contributed by atoms with E-state index >= 15 is 0 Å². The predicted octanol–water partition coefficient (Wildman–Crippen LogP) is 3.95. The first-order valence-corrected chi connectivity index (χ1v) is 8.64. The third kappa shape index (κ3) is 3.56. The summed E-state index contributed by atoms with van der Waals surface area (Å²) in [6.07, 6.45) is 11.3. The van der Waals surface area contributed by atoms with E-state index in [1.807, 2.05) is 22.0 Å². The Morgan fingerprint density at radius 1 is 0.688 bits per heavy atom. The second-order valence-electron chi connectivity index (χ2n) is 5.12. The van der Waals surface area contributed by atoms with E-state index in [2.05, 4.69) is 22.7 Å². The Kier molecular flexibility index (Phi) is 5.33. The van der Waals surface area contributed by atoms with Gasteiger partial charge in [0, 0.05) is 34.0 Å². The molecule has 0 aliphatic heterocycles. The number of hydrogen-bond donors (Lipinski definition) is 0. The summed E-state index contributed by atoms with van der Waals surface area (Å²) in [6, 6.07) is 1.66. The first-order valence-electron chi connectivity index (χ1n) is 6.58. The largest absolute Gasteiger partial charge is 0.240 e. The minimum Gasteiger partial charge on any atom is -0.240 e. The zero-order valence-electron chi connectivity index (χ0n) is 10.5. The molecule has 0 radical (unpaired) electrons. The van der Waals surface area contributed by atoms with Gasteiger partial charge in [-0.05, 0) is 39.8 Å². The van der Waals surface area contributed by atoms with Crippen LogP contribution in [0.4, 0.5) is 0 Å². The van der Waals surface area contributed by atoms with Gasteiger partial charge in [-0.15, -0.1) is 0 Å². The molecule has 0 aromatic carbocycles. The van der Waals surface area contributed by atoms with Crippen molar-refractivity contribution in [3.63, 3.8) is 0 Å². The molecule has 0 unspecified atom stereocenters. The zero-order valence-corrected chi connectivity index (χ0v) is 12.2. The topological polar surface area (TPSA) is 6.48 Å². The lowest BCUT2D eigenvalue weighted by Gasteiger charge is -2.27. The second kappa shape index (κ2) is 6.53. The van der Waals surface area contributed by atoms with Crippen LogP contribution in [0.1, 0.15) is 51.4 Å². The Labute approximate surface area is 108 Å². The number of rotatable bonds is 5. The molecule has 16 heavy (non-hydrogen) atoms. The van der Waals surface area contributed by atoms with Crippen molar-refractivity contribution < 1.29 is 0 Å². The fourth-order valence-electron chi connectivity index (χ4n) is 2.76. The van der Waals surface area contributed by atoms with Crippen molar-refractivity contribution in [1.82, 2.24) is 8.61 Å². The van der Waals surface area contributed by atoms with Gasteiger partial charge in [0.05, 0.1) is 0 Å². The predicted molar refractivity (Wildman–Crippen MR) is 75.2 cm³/mol. The van der Waals surface area contributed by atoms with Gasteiger partial charge in [-0.25, -0.2) is 8.61 Å². The maximum absolute atomic E-state index is 2.48. The van der Waals surface area contributed by atoms with Crippen molar-refractivity contribution in [1.29, 1.82) is 0 Å². The maximum Gasteiger partial charge on any atom is 0.0207 e. The van der Waals surface area contributed by atoms with E-state index in [1.165, 1.54) is 51.4 Å². The quantitative estimate of drug-likeness (QED) is 0.545. The first kappa shape index (κ1) is 13.1. The molecule has 0 amide bonds. The Hall–Kier alpha value is 0.620. The van der Waals surface area contributed by atoms with Crippen LogP contribution in [0.5, 0.6) is 0 Å². The highest BCUT2D eigenvalue weighted by Crippen LogP contribution is 2.37. The molecule has 0 aromatic rings. The van der Waals surface area contributed by atoms with Gasteiger partial charge in [0.1, 0.15) is 0 Å². The molecule has 2 rings (SSSR count). The molecule has 2 aliphatic rings. The van der Waals surface area contributed by atoms with Crippen LogP contribution in [0, 0.1) is 0 Å². The number of hydrogen-bond acceptors (Lipinski definition) is 4. The Balaban J connectivity index is 1.65. The summed E-state index contributed by atoms with van der Waals surface area (Å²) in [5.41, 5.74) is 0. The highest BCUT2D eigenvalue weighted by molar-refractivity contribution is 8.74. The molecule has 2 fully saturated rings. The van der Waals surface area contributed by atoms with Crippen LogP contribution < -0.4 is 0 Å². The fraction of sp³-hybridized carbons (Fsp3) is 1.00. The van der Waals surface area contributed by atoms with Gasteiger partial charge in [0.2, 0.25) is 0 Å². The molecule has 0 saturated heterocycles. The van der Waals surface area contributed by atoms with Crippen LogP contribution in [0.3, 0.4) is 0 Å². The van der Waals surface area contributed by atoms with Crippen LogP contribution in [-0.4, -0.2) is 34.8 Å². The summed E-state index contributed by atoms with van der Waals surface area (Å²) in [7, 11) is 8.41. The molecular weight excluding hydrogens is 236 g/mol. The minimum absolute atomic E-state index is 0.828. The lowest BCUT2D eigenvalue weighted by atomic mass is 10.3. The molecule has 2 nitrogen and oxygen atoms in total. The van der Waals surface area contributed by atoms with Crippen LogP contribution in [0.2, 0.25) is 0 Å². The van der Waals surface area contributed by atoms with Crippen LogP contribution in [-0.2, 0) is 0 Å². The lowest BCUT2D eigenvalue weighted by Crippen LogP contribution is -2.25. The summed E-state index contributed by atoms with van der Waals surface area (Å²) < 4.78 is 4.95. The van der Waals surface area contributed by atoms with E-state index in [-0.39, 0.29) is 0 Å². The molecule has 0 atom stereocenters. The molecule has 0 heterocycles. The van der Waals surface area contributed by atoms with E-state index in [0.29, 0.717) is 0 Å². The number of nitrogens with zero attached hydrogens (tertiary/aromatic N) is 2. The van der Waals surface area contributed by atoms with Crippen LogP contribution in [0.15, 0.2) is 0 Å². The van der Waals surface area contributed by atoms with Crippen molar-refractivity contribution in [2.45, 2.75) is 63.5 Å². The van der Waals surface area contributed by atoms with E-state index in [9.17, 15) is 0 Å². The highest BCUT2D eigenvalue weighted by atomic mass is 33.1. The van der Waals surface area contributed by atoms with Gasteiger partial charge >= 0.3 is 0 Å². The fourth-order valence-corrected chi connectivity index (χ4v) is 5.00. The molecular formula is C12H24N2S2. The second-order valence-corrected chi connectivity index (χ2v) is 7.46. The molecule has 2 saturated carbocycles. The summed E-state index contributed by atoms with van der Waals surface area (Å²) in [4.78, 5) is 0. The molecule has 0 aromatic heterocycles. The minimum atomic E-state index is 0.828. The molecule has 0 spiro atoms. The average molecular weight is 260 g/mol. The van der Waals surface area contributed by atoms with Crippen molar-refractivity contribution in [3.05, 3.63) is 0 Å². The van der Waals surface area contributed by atoms with Gasteiger partial charge in [-0.1, -0.05) is 25.7 Å². The average Bonchev–Trinajstić information content (AvgIpc) is 2.95. The van der Waals surface area contributed by atoms with Crippen molar-refractivity contribution in [2.75, 3.05) is 14.1 Å². The summed E-state index contributed by atoms with van der Waals surface area (Å²) in [5, 5.41) is 0.